The van der Waals surface area contributed by atoms with Crippen LogP contribution >= 0.6 is 11.3 Å². The van der Waals surface area contributed by atoms with Gasteiger partial charge in [-0.1, -0.05) is 0 Å². The average Bonchev–Trinajstić information content (AvgIpc) is 2.90. The quantitative estimate of drug-likeness (QED) is 0.621. The molecule has 0 aliphatic heterocycles. The van der Waals surface area contributed by atoms with Gasteiger partial charge in [0.15, 0.2) is 0 Å². The van der Waals surface area contributed by atoms with Gasteiger partial charge in [-0.15, -0.1) is 11.3 Å². The molecule has 5 nitrogen and oxygen atoms in total. The molecule has 92 valence electrons. The molecule has 0 aliphatic rings. The standard InChI is InChI=1S/C11H17N5S/c1-8-14-10(7-17-8)9(15-12)3-4-11-13-5-6-16(11)2/h5-7,9,15H,3-4,12H2,1-2H3. The third-order valence-electron chi connectivity index (χ3n) is 2.77. The topological polar surface area (TPSA) is 68.8 Å². The van der Waals surface area contributed by atoms with Crippen molar-refractivity contribution in [2.45, 2.75) is 25.8 Å². The summed E-state index contributed by atoms with van der Waals surface area (Å²) in [5, 5.41) is 3.12. The molecule has 2 aromatic heterocycles. The van der Waals surface area contributed by atoms with E-state index in [9.17, 15) is 0 Å². The number of nitrogens with one attached hydrogen (secondary N) is 1. The Kier molecular flexibility index (Phi) is 3.88. The lowest BCUT2D eigenvalue weighted by molar-refractivity contribution is 0.497. The van der Waals surface area contributed by atoms with Gasteiger partial charge in [-0.05, 0) is 13.3 Å². The second kappa shape index (κ2) is 5.39. The summed E-state index contributed by atoms with van der Waals surface area (Å²) in [6.07, 6.45) is 5.54. The van der Waals surface area contributed by atoms with E-state index in [1.807, 2.05) is 30.9 Å². The van der Waals surface area contributed by atoms with Crippen molar-refractivity contribution >= 4 is 11.3 Å². The van der Waals surface area contributed by atoms with Gasteiger partial charge >= 0.3 is 0 Å². The van der Waals surface area contributed by atoms with E-state index >= 15 is 0 Å². The van der Waals surface area contributed by atoms with Crippen molar-refractivity contribution in [2.75, 3.05) is 0 Å². The lowest BCUT2D eigenvalue weighted by atomic mass is 10.1. The van der Waals surface area contributed by atoms with Gasteiger partial charge in [-0.2, -0.15) is 0 Å². The number of nitrogens with zero attached hydrogens (tertiary/aromatic N) is 3. The third-order valence-corrected chi connectivity index (χ3v) is 3.56. The molecule has 0 spiro atoms. The number of hydrogen-bond donors (Lipinski definition) is 2. The molecule has 2 heterocycles. The maximum Gasteiger partial charge on any atom is 0.108 e. The molecular weight excluding hydrogens is 234 g/mol. The summed E-state index contributed by atoms with van der Waals surface area (Å²) in [6, 6.07) is 0.0941. The van der Waals surface area contributed by atoms with Gasteiger partial charge in [0.05, 0.1) is 16.7 Å². The predicted molar refractivity (Wildman–Crippen MR) is 68.4 cm³/mol. The van der Waals surface area contributed by atoms with Crippen molar-refractivity contribution in [3.8, 4) is 0 Å². The minimum Gasteiger partial charge on any atom is -0.338 e. The monoisotopic (exact) mass is 251 g/mol. The van der Waals surface area contributed by atoms with Crippen molar-refractivity contribution in [3.05, 3.63) is 34.3 Å². The van der Waals surface area contributed by atoms with Crippen LogP contribution in [0.25, 0.3) is 0 Å². The second-order valence-electron chi connectivity index (χ2n) is 4.00. The SMILES string of the molecule is Cc1nc(C(CCc2nccn2C)NN)cs1. The van der Waals surface area contributed by atoms with Crippen LogP contribution in [0.4, 0.5) is 0 Å². The van der Waals surface area contributed by atoms with E-state index in [1.54, 1.807) is 11.3 Å². The van der Waals surface area contributed by atoms with Crippen molar-refractivity contribution in [2.24, 2.45) is 12.9 Å². The highest BCUT2D eigenvalue weighted by molar-refractivity contribution is 7.09. The highest BCUT2D eigenvalue weighted by Gasteiger charge is 2.13. The van der Waals surface area contributed by atoms with Gasteiger partial charge < -0.3 is 4.57 Å². The molecule has 3 N–H and O–H groups in total. The molecule has 0 fully saturated rings. The van der Waals surface area contributed by atoms with Crippen molar-refractivity contribution in [3.63, 3.8) is 0 Å². The van der Waals surface area contributed by atoms with Crippen LogP contribution in [0.5, 0.6) is 0 Å². The van der Waals surface area contributed by atoms with Crippen LogP contribution in [0.1, 0.15) is 29.0 Å². The molecule has 1 atom stereocenters. The largest absolute Gasteiger partial charge is 0.338 e. The molecule has 0 amide bonds. The summed E-state index contributed by atoms with van der Waals surface area (Å²) in [7, 11) is 2.00. The average molecular weight is 251 g/mol. The fourth-order valence-electron chi connectivity index (χ4n) is 1.77. The maximum atomic E-state index is 5.58. The first-order valence-corrected chi connectivity index (χ1v) is 6.43. The first-order valence-electron chi connectivity index (χ1n) is 5.55. The first kappa shape index (κ1) is 12.2. The van der Waals surface area contributed by atoms with Crippen LogP contribution < -0.4 is 11.3 Å². The number of aryl methyl sites for hydroxylation is 3. The van der Waals surface area contributed by atoms with Crippen LogP contribution in [0, 0.1) is 6.92 Å². The lowest BCUT2D eigenvalue weighted by Crippen LogP contribution is -2.28. The van der Waals surface area contributed by atoms with E-state index in [-0.39, 0.29) is 6.04 Å². The zero-order valence-electron chi connectivity index (χ0n) is 10.1. The molecule has 0 aromatic carbocycles. The normalized spacial score (nSPS) is 12.9. The number of thiazole rings is 1. The Labute approximate surface area is 105 Å². The Morgan fingerprint density at radius 1 is 1.59 bits per heavy atom. The summed E-state index contributed by atoms with van der Waals surface area (Å²) in [6.45, 7) is 2.00. The fraction of sp³-hybridized carbons (Fsp3) is 0.455. The zero-order chi connectivity index (χ0) is 12.3. The molecule has 0 aliphatic carbocycles. The van der Waals surface area contributed by atoms with Gasteiger partial charge in [0, 0.05) is 31.2 Å². The summed E-state index contributed by atoms with van der Waals surface area (Å²) in [5.41, 5.74) is 3.84. The number of hydrogen-bond acceptors (Lipinski definition) is 5. The number of nitrogens with two attached hydrogens (primary N) is 1. The summed E-state index contributed by atoms with van der Waals surface area (Å²) >= 11 is 1.65. The minimum absolute atomic E-state index is 0.0941. The second-order valence-corrected chi connectivity index (χ2v) is 5.07. The molecule has 1 unspecified atom stereocenters. The number of hydrazine groups is 1. The molecule has 17 heavy (non-hydrogen) atoms. The van der Waals surface area contributed by atoms with Crippen molar-refractivity contribution in [1.29, 1.82) is 0 Å². The zero-order valence-corrected chi connectivity index (χ0v) is 10.9. The van der Waals surface area contributed by atoms with Gasteiger partial charge in [0.1, 0.15) is 5.82 Å². The third kappa shape index (κ3) is 2.91. The lowest BCUT2D eigenvalue weighted by Gasteiger charge is -2.13. The van der Waals surface area contributed by atoms with Crippen molar-refractivity contribution in [1.82, 2.24) is 20.0 Å². The minimum atomic E-state index is 0.0941. The van der Waals surface area contributed by atoms with Crippen molar-refractivity contribution < 1.29 is 0 Å². The van der Waals surface area contributed by atoms with Gasteiger partial charge in [-0.3, -0.25) is 11.3 Å². The Hall–Kier alpha value is -1.24. The van der Waals surface area contributed by atoms with E-state index in [0.717, 1.165) is 29.4 Å². The highest BCUT2D eigenvalue weighted by Crippen LogP contribution is 2.19. The summed E-state index contributed by atoms with van der Waals surface area (Å²) in [5.74, 6) is 6.65. The van der Waals surface area contributed by atoms with E-state index < -0.39 is 0 Å². The first-order chi connectivity index (χ1) is 8.20. The maximum absolute atomic E-state index is 5.58. The van der Waals surface area contributed by atoms with Crippen LogP contribution in [0.15, 0.2) is 17.8 Å². The van der Waals surface area contributed by atoms with Gasteiger partial charge in [-0.25, -0.2) is 9.97 Å². The highest BCUT2D eigenvalue weighted by atomic mass is 32.1. The van der Waals surface area contributed by atoms with E-state index in [1.165, 1.54) is 0 Å². The Morgan fingerprint density at radius 3 is 2.94 bits per heavy atom. The molecule has 2 rings (SSSR count). The molecule has 0 saturated carbocycles. The number of rotatable bonds is 5. The van der Waals surface area contributed by atoms with Gasteiger partial charge in [0.2, 0.25) is 0 Å². The number of aromatic nitrogens is 3. The predicted octanol–water partition coefficient (Wildman–Crippen LogP) is 1.32. The Balaban J connectivity index is 1.99. The molecular formula is C11H17N5S. The molecule has 0 radical (unpaired) electrons. The molecule has 0 saturated heterocycles. The summed E-state index contributed by atoms with van der Waals surface area (Å²) < 4.78 is 2.03. The Morgan fingerprint density at radius 2 is 2.41 bits per heavy atom. The summed E-state index contributed by atoms with van der Waals surface area (Å²) in [4.78, 5) is 8.75. The van der Waals surface area contributed by atoms with Crippen LogP contribution in [-0.4, -0.2) is 14.5 Å². The fourth-order valence-corrected chi connectivity index (χ4v) is 2.43. The smallest absolute Gasteiger partial charge is 0.108 e. The number of imidazole rings is 1. The van der Waals surface area contributed by atoms with Crippen LogP contribution in [-0.2, 0) is 13.5 Å². The van der Waals surface area contributed by atoms with E-state index in [2.05, 4.69) is 20.8 Å². The van der Waals surface area contributed by atoms with Crippen LogP contribution in [0.2, 0.25) is 0 Å². The molecule has 2 aromatic rings. The van der Waals surface area contributed by atoms with E-state index in [0.29, 0.717) is 0 Å². The molecule has 6 heteroatoms. The van der Waals surface area contributed by atoms with Gasteiger partial charge in [0.25, 0.3) is 0 Å². The van der Waals surface area contributed by atoms with E-state index in [4.69, 9.17) is 5.84 Å². The Bertz CT molecular complexity index is 476. The molecule has 0 bridgehead atoms. The van der Waals surface area contributed by atoms with Crippen LogP contribution in [0.3, 0.4) is 0 Å².